The second-order valence-corrected chi connectivity index (χ2v) is 8.63. The van der Waals surface area contributed by atoms with E-state index in [1.54, 1.807) is 0 Å². The Kier molecular flexibility index (Phi) is 4.79. The topological polar surface area (TPSA) is 83.1 Å². The standard InChI is InChI=1S/C20H17N5OS2/c1-11-8-14-6-4-5-7-16(14)25-18(11)23-24-20(25)27-10-17(26)22-19-15(9-21)12(2)13(3)28-19/h4-8H,10H2,1-3H3,(H,22,26). The van der Waals surface area contributed by atoms with E-state index in [4.69, 9.17) is 0 Å². The molecule has 6 nitrogen and oxygen atoms in total. The average Bonchev–Trinajstić information content (AvgIpc) is 3.22. The summed E-state index contributed by atoms with van der Waals surface area (Å²) >= 11 is 2.76. The number of amides is 1. The first-order valence-corrected chi connectivity index (χ1v) is 10.5. The lowest BCUT2D eigenvalue weighted by Gasteiger charge is -2.07. The normalized spacial score (nSPS) is 11.1. The molecule has 0 atom stereocenters. The SMILES string of the molecule is Cc1sc(NC(=O)CSc2nnc3c(C)cc4ccccc4n23)c(C#N)c1C. The van der Waals surface area contributed by atoms with Crippen LogP contribution in [0.4, 0.5) is 5.00 Å². The Labute approximate surface area is 170 Å². The third-order valence-electron chi connectivity index (χ3n) is 4.62. The highest BCUT2D eigenvalue weighted by Gasteiger charge is 2.17. The number of para-hydroxylation sites is 1. The smallest absolute Gasteiger partial charge is 0.235 e. The Bertz CT molecular complexity index is 1270. The fraction of sp³-hybridized carbons (Fsp3) is 0.200. The molecule has 3 heterocycles. The number of hydrogen-bond donors (Lipinski definition) is 1. The summed E-state index contributed by atoms with van der Waals surface area (Å²) < 4.78 is 1.99. The lowest BCUT2D eigenvalue weighted by atomic mass is 10.1. The third-order valence-corrected chi connectivity index (χ3v) is 6.67. The molecule has 0 aliphatic carbocycles. The summed E-state index contributed by atoms with van der Waals surface area (Å²) in [6.45, 7) is 5.84. The van der Waals surface area contributed by atoms with E-state index >= 15 is 0 Å². The zero-order valence-electron chi connectivity index (χ0n) is 15.6. The fourth-order valence-corrected chi connectivity index (χ4v) is 4.86. The minimum absolute atomic E-state index is 0.170. The van der Waals surface area contributed by atoms with Gasteiger partial charge in [0, 0.05) is 4.88 Å². The minimum atomic E-state index is -0.170. The van der Waals surface area contributed by atoms with Crippen molar-refractivity contribution in [1.29, 1.82) is 5.26 Å². The molecular weight excluding hydrogens is 390 g/mol. The number of nitriles is 1. The maximum atomic E-state index is 12.5. The van der Waals surface area contributed by atoms with Gasteiger partial charge in [0.2, 0.25) is 5.91 Å². The number of pyridine rings is 1. The number of carbonyl (C=O) groups excluding carboxylic acids is 1. The number of benzene rings is 1. The van der Waals surface area contributed by atoms with Crippen LogP contribution in [0, 0.1) is 32.1 Å². The Morgan fingerprint density at radius 3 is 2.86 bits per heavy atom. The molecule has 8 heteroatoms. The summed E-state index contributed by atoms with van der Waals surface area (Å²) in [4.78, 5) is 13.5. The minimum Gasteiger partial charge on any atom is -0.316 e. The van der Waals surface area contributed by atoms with Crippen LogP contribution in [0.2, 0.25) is 0 Å². The summed E-state index contributed by atoms with van der Waals surface area (Å²) in [7, 11) is 0. The van der Waals surface area contributed by atoms with Crippen molar-refractivity contribution in [3.05, 3.63) is 51.9 Å². The summed E-state index contributed by atoms with van der Waals surface area (Å²) in [5.74, 6) is 0.0145. The number of thiophene rings is 1. The molecule has 0 saturated carbocycles. The summed E-state index contributed by atoms with van der Waals surface area (Å²) in [6.07, 6.45) is 0. The van der Waals surface area contributed by atoms with Crippen molar-refractivity contribution in [3.63, 3.8) is 0 Å². The van der Waals surface area contributed by atoms with Gasteiger partial charge in [-0.1, -0.05) is 30.0 Å². The van der Waals surface area contributed by atoms with Crippen molar-refractivity contribution in [1.82, 2.24) is 14.6 Å². The lowest BCUT2D eigenvalue weighted by Crippen LogP contribution is -2.14. The lowest BCUT2D eigenvalue weighted by molar-refractivity contribution is -0.113. The van der Waals surface area contributed by atoms with Crippen molar-refractivity contribution >= 4 is 50.6 Å². The van der Waals surface area contributed by atoms with Gasteiger partial charge >= 0.3 is 0 Å². The van der Waals surface area contributed by atoms with Gasteiger partial charge in [0.1, 0.15) is 11.1 Å². The first kappa shape index (κ1) is 18.5. The van der Waals surface area contributed by atoms with Crippen LogP contribution in [0.3, 0.4) is 0 Å². The maximum Gasteiger partial charge on any atom is 0.235 e. The van der Waals surface area contributed by atoms with Gasteiger partial charge in [0.05, 0.1) is 16.8 Å². The third kappa shape index (κ3) is 3.13. The molecule has 0 saturated heterocycles. The van der Waals surface area contributed by atoms with Crippen LogP contribution < -0.4 is 5.32 Å². The van der Waals surface area contributed by atoms with Gasteiger partial charge in [-0.15, -0.1) is 21.5 Å². The number of anilines is 1. The van der Waals surface area contributed by atoms with Gasteiger partial charge in [-0.2, -0.15) is 5.26 Å². The largest absolute Gasteiger partial charge is 0.316 e. The molecule has 0 aliphatic heterocycles. The molecule has 0 radical (unpaired) electrons. The van der Waals surface area contributed by atoms with Crippen LogP contribution in [0.15, 0.2) is 35.5 Å². The van der Waals surface area contributed by atoms with Gasteiger partial charge < -0.3 is 5.32 Å². The van der Waals surface area contributed by atoms with Crippen molar-refractivity contribution in [2.24, 2.45) is 0 Å². The number of hydrogen-bond acceptors (Lipinski definition) is 6. The van der Waals surface area contributed by atoms with Gasteiger partial charge in [-0.25, -0.2) is 0 Å². The molecule has 1 aromatic carbocycles. The van der Waals surface area contributed by atoms with E-state index in [0.717, 1.165) is 32.6 Å². The van der Waals surface area contributed by atoms with Crippen molar-refractivity contribution < 1.29 is 4.79 Å². The molecule has 0 spiro atoms. The second-order valence-electron chi connectivity index (χ2n) is 6.46. The van der Waals surface area contributed by atoms with E-state index in [-0.39, 0.29) is 11.7 Å². The van der Waals surface area contributed by atoms with Crippen LogP contribution in [-0.2, 0) is 4.79 Å². The number of nitrogens with zero attached hydrogens (tertiary/aromatic N) is 4. The van der Waals surface area contributed by atoms with Crippen molar-refractivity contribution in [2.45, 2.75) is 25.9 Å². The molecule has 3 aromatic heterocycles. The van der Waals surface area contributed by atoms with E-state index in [9.17, 15) is 10.1 Å². The molecule has 140 valence electrons. The maximum absolute atomic E-state index is 12.5. The number of rotatable bonds is 4. The highest BCUT2D eigenvalue weighted by molar-refractivity contribution is 7.99. The predicted octanol–water partition coefficient (Wildman–Crippen LogP) is 4.47. The Morgan fingerprint density at radius 2 is 2.07 bits per heavy atom. The quantitative estimate of drug-likeness (QED) is 0.505. The molecule has 1 amide bonds. The number of thioether (sulfide) groups is 1. The second kappa shape index (κ2) is 7.26. The molecular formula is C20H17N5OS2. The van der Waals surface area contributed by atoms with Crippen LogP contribution in [0.5, 0.6) is 0 Å². The summed E-state index contributed by atoms with van der Waals surface area (Å²) in [5, 5.41) is 23.1. The average molecular weight is 408 g/mol. The number of aryl methyl sites for hydroxylation is 2. The number of aromatic nitrogens is 3. The Hall–Kier alpha value is -2.89. The molecule has 28 heavy (non-hydrogen) atoms. The molecule has 0 aliphatic rings. The highest BCUT2D eigenvalue weighted by Crippen LogP contribution is 2.32. The molecule has 0 fully saturated rings. The van der Waals surface area contributed by atoms with Crippen molar-refractivity contribution in [3.8, 4) is 6.07 Å². The van der Waals surface area contributed by atoms with Crippen LogP contribution >= 0.6 is 23.1 Å². The van der Waals surface area contributed by atoms with Gasteiger partial charge in [-0.3, -0.25) is 9.20 Å². The fourth-order valence-electron chi connectivity index (χ4n) is 3.09. The molecule has 0 bridgehead atoms. The zero-order chi connectivity index (χ0) is 19.8. The monoisotopic (exact) mass is 407 g/mol. The van der Waals surface area contributed by atoms with Gasteiger partial charge in [0.25, 0.3) is 0 Å². The number of carbonyl (C=O) groups is 1. The highest BCUT2D eigenvalue weighted by atomic mass is 32.2. The predicted molar refractivity (Wildman–Crippen MR) is 113 cm³/mol. The van der Waals surface area contributed by atoms with E-state index in [2.05, 4.69) is 27.6 Å². The van der Waals surface area contributed by atoms with Crippen LogP contribution in [0.1, 0.15) is 21.6 Å². The molecule has 4 rings (SSSR count). The first-order valence-electron chi connectivity index (χ1n) is 8.66. The summed E-state index contributed by atoms with van der Waals surface area (Å²) in [5.41, 5.74) is 4.28. The van der Waals surface area contributed by atoms with Gasteiger partial charge in [-0.05, 0) is 49.4 Å². The van der Waals surface area contributed by atoms with Crippen LogP contribution in [-0.4, -0.2) is 26.3 Å². The van der Waals surface area contributed by atoms with Crippen molar-refractivity contribution in [2.75, 3.05) is 11.1 Å². The van der Waals surface area contributed by atoms with Gasteiger partial charge in [0.15, 0.2) is 10.8 Å². The van der Waals surface area contributed by atoms with E-state index < -0.39 is 0 Å². The first-order chi connectivity index (χ1) is 13.5. The van der Waals surface area contributed by atoms with Crippen LogP contribution in [0.25, 0.3) is 16.6 Å². The molecule has 0 unspecified atom stereocenters. The summed E-state index contributed by atoms with van der Waals surface area (Å²) in [6, 6.07) is 12.3. The zero-order valence-corrected chi connectivity index (χ0v) is 17.2. The van der Waals surface area contributed by atoms with E-state index in [0.29, 0.717) is 15.7 Å². The molecule has 1 N–H and O–H groups in total. The van der Waals surface area contributed by atoms with E-state index in [1.807, 2.05) is 49.4 Å². The Balaban J connectivity index is 1.59. The Morgan fingerprint density at radius 1 is 1.29 bits per heavy atom. The molecule has 4 aromatic rings. The number of fused-ring (bicyclic) bond motifs is 3. The number of nitrogens with one attached hydrogen (secondary N) is 1. The van der Waals surface area contributed by atoms with E-state index in [1.165, 1.54) is 23.1 Å².